The Kier molecular flexibility index (Phi) is 8.16. The quantitative estimate of drug-likeness (QED) is 0.366. The number of carbonyl (C=O) groups excluding carboxylic acids is 1. The maximum absolute atomic E-state index is 12.4. The van der Waals surface area contributed by atoms with E-state index in [1.165, 1.54) is 0 Å². The standard InChI is InChI=1S/C17H26O3/c1-4-6-12-19-17(20-13-7-5-2)16(18)15-10-8-14(3)9-11-15/h8-11,17H,4-7,12-13H2,1-3H3. The molecule has 0 amide bonds. The maximum atomic E-state index is 12.4. The van der Waals surface area contributed by atoms with Crippen molar-refractivity contribution in [1.82, 2.24) is 0 Å². The highest BCUT2D eigenvalue weighted by Crippen LogP contribution is 2.11. The van der Waals surface area contributed by atoms with Crippen molar-refractivity contribution in [1.29, 1.82) is 0 Å². The Morgan fingerprint density at radius 1 is 1.00 bits per heavy atom. The van der Waals surface area contributed by atoms with Crippen LogP contribution in [0.25, 0.3) is 0 Å². The number of rotatable bonds is 10. The second-order valence-corrected chi connectivity index (χ2v) is 5.01. The van der Waals surface area contributed by atoms with Gasteiger partial charge in [-0.05, 0) is 19.8 Å². The highest BCUT2D eigenvalue weighted by molar-refractivity contribution is 5.98. The highest BCUT2D eigenvalue weighted by atomic mass is 16.7. The summed E-state index contributed by atoms with van der Waals surface area (Å²) in [6.07, 6.45) is 3.19. The molecular weight excluding hydrogens is 252 g/mol. The van der Waals surface area contributed by atoms with Gasteiger partial charge in [-0.25, -0.2) is 0 Å². The lowest BCUT2D eigenvalue weighted by molar-refractivity contribution is -0.115. The number of hydrogen-bond donors (Lipinski definition) is 0. The van der Waals surface area contributed by atoms with Crippen molar-refractivity contribution in [3.05, 3.63) is 35.4 Å². The second-order valence-electron chi connectivity index (χ2n) is 5.01. The molecule has 0 aromatic heterocycles. The number of Topliss-reactive ketones (excluding diaryl/α,β-unsaturated/α-hetero) is 1. The third-order valence-corrected chi connectivity index (χ3v) is 3.08. The van der Waals surface area contributed by atoms with E-state index in [2.05, 4.69) is 13.8 Å². The smallest absolute Gasteiger partial charge is 0.222 e. The number of hydrogen-bond acceptors (Lipinski definition) is 3. The van der Waals surface area contributed by atoms with Gasteiger partial charge in [0, 0.05) is 5.56 Å². The molecule has 1 rings (SSSR count). The summed E-state index contributed by atoms with van der Waals surface area (Å²) >= 11 is 0. The number of ether oxygens (including phenoxy) is 2. The summed E-state index contributed by atoms with van der Waals surface area (Å²) in [7, 11) is 0. The van der Waals surface area contributed by atoms with E-state index < -0.39 is 6.29 Å². The highest BCUT2D eigenvalue weighted by Gasteiger charge is 2.21. The summed E-state index contributed by atoms with van der Waals surface area (Å²) in [6, 6.07) is 7.53. The molecule has 1 aromatic carbocycles. The third kappa shape index (κ3) is 5.85. The minimum absolute atomic E-state index is 0.0859. The van der Waals surface area contributed by atoms with Crippen molar-refractivity contribution in [2.24, 2.45) is 0 Å². The molecule has 3 nitrogen and oxygen atoms in total. The van der Waals surface area contributed by atoms with Gasteiger partial charge in [-0.2, -0.15) is 0 Å². The van der Waals surface area contributed by atoms with E-state index in [9.17, 15) is 4.79 Å². The Morgan fingerprint density at radius 2 is 1.50 bits per heavy atom. The third-order valence-electron chi connectivity index (χ3n) is 3.08. The zero-order valence-corrected chi connectivity index (χ0v) is 12.9. The van der Waals surface area contributed by atoms with Crippen molar-refractivity contribution in [3.63, 3.8) is 0 Å². The molecule has 0 fully saturated rings. The molecule has 0 unspecified atom stereocenters. The van der Waals surface area contributed by atoms with Crippen molar-refractivity contribution in [3.8, 4) is 0 Å². The van der Waals surface area contributed by atoms with Crippen LogP contribution in [0.1, 0.15) is 55.5 Å². The summed E-state index contributed by atoms with van der Waals surface area (Å²) in [5.41, 5.74) is 1.78. The fourth-order valence-electron chi connectivity index (χ4n) is 1.72. The van der Waals surface area contributed by atoms with E-state index in [0.29, 0.717) is 18.8 Å². The van der Waals surface area contributed by atoms with Crippen LogP contribution >= 0.6 is 0 Å². The molecule has 0 radical (unpaired) electrons. The van der Waals surface area contributed by atoms with E-state index in [-0.39, 0.29) is 5.78 Å². The molecule has 0 aliphatic rings. The first-order chi connectivity index (χ1) is 9.69. The lowest BCUT2D eigenvalue weighted by Gasteiger charge is -2.17. The van der Waals surface area contributed by atoms with Gasteiger partial charge in [0.05, 0.1) is 13.2 Å². The molecule has 0 heterocycles. The second kappa shape index (κ2) is 9.67. The summed E-state index contributed by atoms with van der Waals surface area (Å²) in [5, 5.41) is 0. The van der Waals surface area contributed by atoms with Gasteiger partial charge in [-0.1, -0.05) is 56.5 Å². The summed E-state index contributed by atoms with van der Waals surface area (Å²) in [4.78, 5) is 12.4. The Labute approximate surface area is 122 Å². The predicted molar refractivity (Wildman–Crippen MR) is 81.0 cm³/mol. The summed E-state index contributed by atoms with van der Waals surface area (Å²) in [6.45, 7) is 7.31. The van der Waals surface area contributed by atoms with Gasteiger partial charge in [-0.15, -0.1) is 0 Å². The Balaban J connectivity index is 2.63. The van der Waals surface area contributed by atoms with Crippen LogP contribution in [0.15, 0.2) is 24.3 Å². The van der Waals surface area contributed by atoms with Gasteiger partial charge in [0.25, 0.3) is 0 Å². The van der Waals surface area contributed by atoms with Crippen LogP contribution in [0, 0.1) is 6.92 Å². The molecule has 20 heavy (non-hydrogen) atoms. The van der Waals surface area contributed by atoms with E-state index in [4.69, 9.17) is 9.47 Å². The fourth-order valence-corrected chi connectivity index (χ4v) is 1.72. The van der Waals surface area contributed by atoms with Crippen LogP contribution in [-0.2, 0) is 9.47 Å². The van der Waals surface area contributed by atoms with Gasteiger partial charge in [0.1, 0.15) is 0 Å². The fraction of sp³-hybridized carbons (Fsp3) is 0.588. The molecule has 0 atom stereocenters. The van der Waals surface area contributed by atoms with Gasteiger partial charge in [0.2, 0.25) is 12.1 Å². The molecule has 3 heteroatoms. The van der Waals surface area contributed by atoms with Crippen LogP contribution in [0.4, 0.5) is 0 Å². The predicted octanol–water partition coefficient (Wildman–Crippen LogP) is 4.14. The molecule has 0 aliphatic carbocycles. The van der Waals surface area contributed by atoms with Crippen molar-refractivity contribution >= 4 is 5.78 Å². The lowest BCUT2D eigenvalue weighted by atomic mass is 10.1. The number of unbranched alkanes of at least 4 members (excludes halogenated alkanes) is 2. The monoisotopic (exact) mass is 278 g/mol. The van der Waals surface area contributed by atoms with Crippen LogP contribution in [0.2, 0.25) is 0 Å². The summed E-state index contributed by atoms with van der Waals surface area (Å²) < 4.78 is 11.2. The van der Waals surface area contributed by atoms with E-state index in [1.807, 2.05) is 31.2 Å². The average Bonchev–Trinajstić information content (AvgIpc) is 2.46. The van der Waals surface area contributed by atoms with Crippen LogP contribution in [0.3, 0.4) is 0 Å². The minimum atomic E-state index is -0.768. The average molecular weight is 278 g/mol. The van der Waals surface area contributed by atoms with E-state index >= 15 is 0 Å². The zero-order valence-electron chi connectivity index (χ0n) is 12.9. The first-order valence-electron chi connectivity index (χ1n) is 7.53. The van der Waals surface area contributed by atoms with Crippen molar-refractivity contribution < 1.29 is 14.3 Å². The normalized spacial score (nSPS) is 11.0. The van der Waals surface area contributed by atoms with Gasteiger partial charge < -0.3 is 9.47 Å². The Hall–Kier alpha value is -1.19. The Bertz CT molecular complexity index is 374. The molecule has 0 spiro atoms. The van der Waals surface area contributed by atoms with E-state index in [0.717, 1.165) is 31.2 Å². The number of benzene rings is 1. The van der Waals surface area contributed by atoms with Crippen LogP contribution in [-0.4, -0.2) is 25.3 Å². The number of aryl methyl sites for hydroxylation is 1. The largest absolute Gasteiger partial charge is 0.346 e. The van der Waals surface area contributed by atoms with E-state index in [1.54, 1.807) is 0 Å². The molecular formula is C17H26O3. The first-order valence-corrected chi connectivity index (χ1v) is 7.53. The molecule has 0 N–H and O–H groups in total. The van der Waals surface area contributed by atoms with Gasteiger partial charge >= 0.3 is 0 Å². The summed E-state index contributed by atoms with van der Waals surface area (Å²) in [5.74, 6) is -0.0859. The van der Waals surface area contributed by atoms with Crippen molar-refractivity contribution in [2.75, 3.05) is 13.2 Å². The first kappa shape index (κ1) is 16.9. The molecule has 112 valence electrons. The van der Waals surface area contributed by atoms with Crippen LogP contribution in [0.5, 0.6) is 0 Å². The van der Waals surface area contributed by atoms with Gasteiger partial charge in [0.15, 0.2) is 0 Å². The molecule has 1 aromatic rings. The number of ketones is 1. The minimum Gasteiger partial charge on any atom is -0.346 e. The SMILES string of the molecule is CCCCOC(OCCCC)C(=O)c1ccc(C)cc1. The lowest BCUT2D eigenvalue weighted by Crippen LogP contribution is -2.28. The Morgan fingerprint density at radius 3 is 1.95 bits per heavy atom. The maximum Gasteiger partial charge on any atom is 0.222 e. The van der Waals surface area contributed by atoms with Crippen molar-refractivity contribution in [2.45, 2.75) is 52.7 Å². The molecule has 0 saturated heterocycles. The van der Waals surface area contributed by atoms with Gasteiger partial charge in [-0.3, -0.25) is 4.79 Å². The number of carbonyl (C=O) groups is 1. The zero-order chi connectivity index (χ0) is 14.8. The topological polar surface area (TPSA) is 35.5 Å². The molecule has 0 saturated carbocycles. The molecule has 0 aliphatic heterocycles. The van der Waals surface area contributed by atoms with Crippen LogP contribution < -0.4 is 0 Å². The molecule has 0 bridgehead atoms.